The Bertz CT molecular complexity index is 701. The molecule has 0 saturated heterocycles. The number of primary amides is 1. The molecule has 1 aliphatic rings. The van der Waals surface area contributed by atoms with Crippen LogP contribution in [0.1, 0.15) is 29.2 Å². The van der Waals surface area contributed by atoms with Crippen LogP contribution in [0.5, 0.6) is 5.75 Å². The molecule has 1 atom stereocenters. The van der Waals surface area contributed by atoms with Gasteiger partial charge in [0.2, 0.25) is 5.91 Å². The van der Waals surface area contributed by atoms with Crippen LogP contribution in [0.4, 0.5) is 0 Å². The van der Waals surface area contributed by atoms with Gasteiger partial charge in [-0.1, -0.05) is 48.0 Å². The number of hydrogen-bond acceptors (Lipinski definition) is 2. The first-order valence-electron chi connectivity index (χ1n) is 6.96. The van der Waals surface area contributed by atoms with E-state index in [1.165, 1.54) is 5.56 Å². The van der Waals surface area contributed by atoms with Gasteiger partial charge in [-0.15, -0.1) is 0 Å². The van der Waals surface area contributed by atoms with Crippen molar-refractivity contribution in [2.24, 2.45) is 5.73 Å². The summed E-state index contributed by atoms with van der Waals surface area (Å²) in [6, 6.07) is 15.8. The molecule has 0 radical (unpaired) electrons. The van der Waals surface area contributed by atoms with Gasteiger partial charge in [0, 0.05) is 17.6 Å². The normalized spacial score (nSPS) is 17.2. The molecule has 0 bridgehead atoms. The highest BCUT2D eigenvalue weighted by molar-refractivity contribution is 5.97. The minimum absolute atomic E-state index is 0.201. The molecule has 2 aromatic carbocycles. The van der Waals surface area contributed by atoms with Crippen LogP contribution in [0.2, 0.25) is 0 Å². The molecule has 0 aliphatic carbocycles. The van der Waals surface area contributed by atoms with Gasteiger partial charge in [0.05, 0.1) is 0 Å². The van der Waals surface area contributed by atoms with Crippen LogP contribution in [0.3, 0.4) is 0 Å². The average molecular weight is 279 g/mol. The molecule has 0 saturated carbocycles. The molecule has 2 aromatic rings. The van der Waals surface area contributed by atoms with Crippen molar-refractivity contribution in [2.75, 3.05) is 0 Å². The van der Waals surface area contributed by atoms with E-state index in [9.17, 15) is 4.79 Å². The molecule has 0 aromatic heterocycles. The van der Waals surface area contributed by atoms with Crippen LogP contribution in [0, 0.1) is 6.92 Å². The van der Waals surface area contributed by atoms with Gasteiger partial charge < -0.3 is 10.5 Å². The van der Waals surface area contributed by atoms with Crippen molar-refractivity contribution >= 4 is 12.0 Å². The fourth-order valence-electron chi connectivity index (χ4n) is 2.49. The monoisotopic (exact) mass is 279 g/mol. The van der Waals surface area contributed by atoms with Gasteiger partial charge in [-0.05, 0) is 24.6 Å². The van der Waals surface area contributed by atoms with Crippen LogP contribution in [-0.4, -0.2) is 5.91 Å². The van der Waals surface area contributed by atoms with E-state index in [2.05, 4.69) is 0 Å². The van der Waals surface area contributed by atoms with Crippen molar-refractivity contribution < 1.29 is 9.53 Å². The maximum absolute atomic E-state index is 11.6. The molecule has 0 fully saturated rings. The van der Waals surface area contributed by atoms with Crippen molar-refractivity contribution in [1.29, 1.82) is 0 Å². The molecule has 1 heterocycles. The molecule has 3 heteroatoms. The summed E-state index contributed by atoms with van der Waals surface area (Å²) in [4.78, 5) is 11.6. The van der Waals surface area contributed by atoms with Gasteiger partial charge in [-0.2, -0.15) is 0 Å². The van der Waals surface area contributed by atoms with Gasteiger partial charge in [-0.3, -0.25) is 4.79 Å². The van der Waals surface area contributed by atoms with Crippen molar-refractivity contribution in [3.8, 4) is 5.75 Å². The number of nitrogens with two attached hydrogens (primary N) is 1. The molecule has 0 spiro atoms. The summed E-state index contributed by atoms with van der Waals surface area (Å²) < 4.78 is 6.10. The summed E-state index contributed by atoms with van der Waals surface area (Å²) in [5.41, 5.74) is 9.21. The van der Waals surface area contributed by atoms with Crippen LogP contribution in [-0.2, 0) is 4.79 Å². The number of ether oxygens (including phenoxy) is 1. The first kappa shape index (κ1) is 13.4. The molecule has 1 aliphatic heterocycles. The van der Waals surface area contributed by atoms with Crippen LogP contribution in [0.15, 0.2) is 54.1 Å². The van der Waals surface area contributed by atoms with E-state index >= 15 is 0 Å². The third-order valence-electron chi connectivity index (χ3n) is 3.69. The summed E-state index contributed by atoms with van der Waals surface area (Å²) in [5, 5.41) is 0. The standard InChI is InChI=1S/C18H17NO2/c1-12-6-8-13(9-7-12)17-11-15(18(19)20)10-14-4-2-3-5-16(14)21-17/h2-10,17H,11H2,1H3,(H2,19,20). The topological polar surface area (TPSA) is 52.3 Å². The predicted molar refractivity (Wildman–Crippen MR) is 82.8 cm³/mol. The Kier molecular flexibility index (Phi) is 3.48. The number of carbonyl (C=O) groups excluding carboxylic acids is 1. The number of aryl methyl sites for hydroxylation is 1. The summed E-state index contributed by atoms with van der Waals surface area (Å²) in [6.07, 6.45) is 2.10. The van der Waals surface area contributed by atoms with Gasteiger partial charge in [-0.25, -0.2) is 0 Å². The third-order valence-corrected chi connectivity index (χ3v) is 3.69. The van der Waals surface area contributed by atoms with E-state index < -0.39 is 5.91 Å². The smallest absolute Gasteiger partial charge is 0.244 e. The highest BCUT2D eigenvalue weighted by Gasteiger charge is 2.22. The fraction of sp³-hybridized carbons (Fsp3) is 0.167. The number of rotatable bonds is 2. The molecular weight excluding hydrogens is 262 g/mol. The Hall–Kier alpha value is -2.55. The van der Waals surface area contributed by atoms with Crippen LogP contribution in [0.25, 0.3) is 6.08 Å². The highest BCUT2D eigenvalue weighted by atomic mass is 16.5. The van der Waals surface area contributed by atoms with Crippen LogP contribution >= 0.6 is 0 Å². The quantitative estimate of drug-likeness (QED) is 0.916. The zero-order chi connectivity index (χ0) is 14.8. The first-order valence-corrected chi connectivity index (χ1v) is 6.96. The maximum atomic E-state index is 11.6. The molecule has 3 rings (SSSR count). The lowest BCUT2D eigenvalue weighted by Crippen LogP contribution is -2.17. The summed E-state index contributed by atoms with van der Waals surface area (Å²) in [5.74, 6) is 0.381. The number of fused-ring (bicyclic) bond motifs is 1. The van der Waals surface area contributed by atoms with Crippen LogP contribution < -0.4 is 10.5 Å². The highest BCUT2D eigenvalue weighted by Crippen LogP contribution is 2.35. The maximum Gasteiger partial charge on any atom is 0.244 e. The lowest BCUT2D eigenvalue weighted by Gasteiger charge is -2.19. The average Bonchev–Trinajstić information content (AvgIpc) is 2.67. The second-order valence-electron chi connectivity index (χ2n) is 5.29. The SMILES string of the molecule is Cc1ccc(C2CC(C(N)=O)=Cc3ccccc3O2)cc1. The van der Waals surface area contributed by atoms with Crippen molar-refractivity contribution in [3.05, 3.63) is 70.8 Å². The third kappa shape index (κ3) is 2.82. The molecule has 106 valence electrons. The fourth-order valence-corrected chi connectivity index (χ4v) is 2.49. The minimum atomic E-state index is -0.396. The number of carbonyl (C=O) groups is 1. The van der Waals surface area contributed by atoms with Gasteiger partial charge in [0.15, 0.2) is 0 Å². The molecular formula is C18H17NO2. The summed E-state index contributed by atoms with van der Waals surface area (Å²) in [6.45, 7) is 2.04. The van der Waals surface area contributed by atoms with Crippen molar-refractivity contribution in [3.63, 3.8) is 0 Å². The summed E-state index contributed by atoms with van der Waals surface area (Å²) >= 11 is 0. The zero-order valence-corrected chi connectivity index (χ0v) is 11.9. The minimum Gasteiger partial charge on any atom is -0.485 e. The van der Waals surface area contributed by atoms with E-state index in [1.807, 2.05) is 61.5 Å². The van der Waals surface area contributed by atoms with E-state index in [-0.39, 0.29) is 6.10 Å². The largest absolute Gasteiger partial charge is 0.485 e. The van der Waals surface area contributed by atoms with Gasteiger partial charge in [0.25, 0.3) is 0 Å². The summed E-state index contributed by atoms with van der Waals surface area (Å²) in [7, 11) is 0. The molecule has 21 heavy (non-hydrogen) atoms. The Labute approximate surface area is 124 Å². The van der Waals surface area contributed by atoms with Gasteiger partial charge >= 0.3 is 0 Å². The number of benzene rings is 2. The number of para-hydroxylation sites is 1. The Morgan fingerprint density at radius 2 is 1.86 bits per heavy atom. The number of amides is 1. The molecule has 1 unspecified atom stereocenters. The predicted octanol–water partition coefficient (Wildman–Crippen LogP) is 3.39. The molecule has 3 nitrogen and oxygen atoms in total. The van der Waals surface area contributed by atoms with E-state index in [1.54, 1.807) is 0 Å². The second-order valence-corrected chi connectivity index (χ2v) is 5.29. The van der Waals surface area contributed by atoms with Crippen molar-refractivity contribution in [1.82, 2.24) is 0 Å². The molecule has 1 amide bonds. The van der Waals surface area contributed by atoms with E-state index in [0.717, 1.165) is 16.9 Å². The number of hydrogen-bond donors (Lipinski definition) is 1. The zero-order valence-electron chi connectivity index (χ0n) is 11.9. The Morgan fingerprint density at radius 1 is 1.14 bits per heavy atom. The Morgan fingerprint density at radius 3 is 2.57 bits per heavy atom. The lowest BCUT2D eigenvalue weighted by atomic mass is 9.99. The van der Waals surface area contributed by atoms with Crippen molar-refractivity contribution in [2.45, 2.75) is 19.4 Å². The molecule has 2 N–H and O–H groups in total. The lowest BCUT2D eigenvalue weighted by molar-refractivity contribution is -0.114. The second kappa shape index (κ2) is 5.44. The van der Waals surface area contributed by atoms with E-state index in [0.29, 0.717) is 12.0 Å². The van der Waals surface area contributed by atoms with Gasteiger partial charge in [0.1, 0.15) is 11.9 Å². The first-order chi connectivity index (χ1) is 10.1. The van der Waals surface area contributed by atoms with E-state index in [4.69, 9.17) is 10.5 Å². The Balaban J connectivity index is 2.03.